The zero-order valence-corrected chi connectivity index (χ0v) is 13.1. The van der Waals surface area contributed by atoms with Crippen molar-refractivity contribution in [2.24, 2.45) is 0 Å². The Morgan fingerprint density at radius 1 is 1.09 bits per heavy atom. The number of nitro benzene ring substituents is 1. The van der Waals surface area contributed by atoms with Crippen LogP contribution in [0.5, 0.6) is 0 Å². The van der Waals surface area contributed by atoms with E-state index in [1.807, 2.05) is 24.3 Å². The van der Waals surface area contributed by atoms with Crippen molar-refractivity contribution in [1.82, 2.24) is 0 Å². The molecule has 2 rings (SSSR count). The van der Waals surface area contributed by atoms with Crippen LogP contribution in [0, 0.1) is 10.1 Å². The second-order valence-corrected chi connectivity index (χ2v) is 5.21. The smallest absolute Gasteiger partial charge is 0.269 e. The average molecular weight is 313 g/mol. The van der Waals surface area contributed by atoms with Crippen LogP contribution in [-0.2, 0) is 11.2 Å². The van der Waals surface area contributed by atoms with Crippen molar-refractivity contribution in [3.05, 3.63) is 64.2 Å². The van der Waals surface area contributed by atoms with Gasteiger partial charge in [0.15, 0.2) is 0 Å². The maximum atomic E-state index is 12.2. The van der Waals surface area contributed by atoms with Gasteiger partial charge >= 0.3 is 0 Å². The Balaban J connectivity index is 1.94. The standard InChI is InChI=1S/C17H19N3O3/c1-3-13-4-6-14(7-5-13)18-12(2)17(21)19-15-8-10-16(11-9-15)20(22)23/h4-12,18H,3H2,1-2H3,(H,19,21). The van der Waals surface area contributed by atoms with E-state index in [-0.39, 0.29) is 11.6 Å². The summed E-state index contributed by atoms with van der Waals surface area (Å²) >= 11 is 0. The summed E-state index contributed by atoms with van der Waals surface area (Å²) in [6.45, 7) is 3.84. The first-order valence-electron chi connectivity index (χ1n) is 7.40. The van der Waals surface area contributed by atoms with E-state index in [2.05, 4.69) is 17.6 Å². The van der Waals surface area contributed by atoms with Crippen LogP contribution >= 0.6 is 0 Å². The first-order chi connectivity index (χ1) is 11.0. The first-order valence-corrected chi connectivity index (χ1v) is 7.40. The number of hydrogen-bond donors (Lipinski definition) is 2. The lowest BCUT2D eigenvalue weighted by atomic mass is 10.1. The van der Waals surface area contributed by atoms with Crippen LogP contribution in [0.4, 0.5) is 17.1 Å². The summed E-state index contributed by atoms with van der Waals surface area (Å²) in [6.07, 6.45) is 0.969. The van der Waals surface area contributed by atoms with Gasteiger partial charge in [-0.1, -0.05) is 19.1 Å². The average Bonchev–Trinajstić information content (AvgIpc) is 2.56. The van der Waals surface area contributed by atoms with Gasteiger partial charge in [0.05, 0.1) is 4.92 Å². The van der Waals surface area contributed by atoms with Gasteiger partial charge in [-0.2, -0.15) is 0 Å². The van der Waals surface area contributed by atoms with Crippen molar-refractivity contribution >= 4 is 23.0 Å². The molecule has 0 fully saturated rings. The number of nitrogens with one attached hydrogen (secondary N) is 2. The Morgan fingerprint density at radius 2 is 1.65 bits per heavy atom. The third-order valence-electron chi connectivity index (χ3n) is 3.48. The zero-order chi connectivity index (χ0) is 16.8. The van der Waals surface area contributed by atoms with Crippen LogP contribution in [0.2, 0.25) is 0 Å². The number of amides is 1. The number of rotatable bonds is 6. The first kappa shape index (κ1) is 16.5. The zero-order valence-electron chi connectivity index (χ0n) is 13.1. The highest BCUT2D eigenvalue weighted by Crippen LogP contribution is 2.16. The van der Waals surface area contributed by atoms with Crippen molar-refractivity contribution in [2.45, 2.75) is 26.3 Å². The lowest BCUT2D eigenvalue weighted by Gasteiger charge is -2.15. The van der Waals surface area contributed by atoms with E-state index in [0.29, 0.717) is 5.69 Å². The molecule has 0 aromatic heterocycles. The summed E-state index contributed by atoms with van der Waals surface area (Å²) in [5.41, 5.74) is 2.62. The summed E-state index contributed by atoms with van der Waals surface area (Å²) in [4.78, 5) is 22.3. The lowest BCUT2D eigenvalue weighted by Crippen LogP contribution is -2.31. The quantitative estimate of drug-likeness (QED) is 0.630. The number of hydrogen-bond acceptors (Lipinski definition) is 4. The summed E-state index contributed by atoms with van der Waals surface area (Å²) in [6, 6.07) is 13.2. The molecule has 2 aromatic rings. The van der Waals surface area contributed by atoms with Crippen LogP contribution in [0.15, 0.2) is 48.5 Å². The molecule has 1 amide bonds. The second kappa shape index (κ2) is 7.40. The molecule has 2 N–H and O–H groups in total. The number of carbonyl (C=O) groups is 1. The van der Waals surface area contributed by atoms with Gasteiger partial charge in [0.2, 0.25) is 5.91 Å². The van der Waals surface area contributed by atoms with E-state index in [0.717, 1.165) is 12.1 Å². The Bertz CT molecular complexity index is 681. The largest absolute Gasteiger partial charge is 0.374 e. The molecule has 1 unspecified atom stereocenters. The van der Waals surface area contributed by atoms with E-state index in [1.165, 1.54) is 29.8 Å². The summed E-state index contributed by atoms with van der Waals surface area (Å²) < 4.78 is 0. The van der Waals surface area contributed by atoms with Crippen LogP contribution < -0.4 is 10.6 Å². The third-order valence-corrected chi connectivity index (χ3v) is 3.48. The number of non-ortho nitro benzene ring substituents is 1. The predicted octanol–water partition coefficient (Wildman–Crippen LogP) is 3.60. The molecule has 1 atom stereocenters. The molecule has 0 saturated heterocycles. The summed E-state index contributed by atoms with van der Waals surface area (Å²) in [5, 5.41) is 16.4. The molecule has 6 nitrogen and oxygen atoms in total. The fourth-order valence-electron chi connectivity index (χ4n) is 2.07. The molecule has 120 valence electrons. The van der Waals surface area contributed by atoms with Crippen LogP contribution in [-0.4, -0.2) is 16.9 Å². The highest BCUT2D eigenvalue weighted by Gasteiger charge is 2.13. The van der Waals surface area contributed by atoms with Crippen molar-refractivity contribution in [3.8, 4) is 0 Å². The van der Waals surface area contributed by atoms with Gasteiger partial charge in [-0.05, 0) is 43.2 Å². The number of anilines is 2. The predicted molar refractivity (Wildman–Crippen MR) is 90.6 cm³/mol. The minimum Gasteiger partial charge on any atom is -0.374 e. The van der Waals surface area contributed by atoms with Gasteiger partial charge in [-0.3, -0.25) is 14.9 Å². The minimum atomic E-state index is -0.476. The van der Waals surface area contributed by atoms with Crippen molar-refractivity contribution < 1.29 is 9.72 Å². The summed E-state index contributed by atoms with van der Waals surface area (Å²) in [5.74, 6) is -0.210. The molecule has 23 heavy (non-hydrogen) atoms. The van der Waals surface area contributed by atoms with Crippen molar-refractivity contribution in [3.63, 3.8) is 0 Å². The monoisotopic (exact) mass is 313 g/mol. The van der Waals surface area contributed by atoms with Crippen LogP contribution in [0.3, 0.4) is 0 Å². The Kier molecular flexibility index (Phi) is 5.30. The van der Waals surface area contributed by atoms with Gasteiger partial charge in [0.1, 0.15) is 6.04 Å². The molecule has 0 aliphatic carbocycles. The molecular formula is C17H19N3O3. The van der Waals surface area contributed by atoms with Gasteiger partial charge in [-0.25, -0.2) is 0 Å². The second-order valence-electron chi connectivity index (χ2n) is 5.21. The molecule has 0 spiro atoms. The number of aryl methyl sites for hydroxylation is 1. The maximum absolute atomic E-state index is 12.2. The Hall–Kier alpha value is -2.89. The Labute approximate surface area is 134 Å². The number of benzene rings is 2. The Morgan fingerprint density at radius 3 is 2.17 bits per heavy atom. The van der Waals surface area contributed by atoms with Crippen LogP contribution in [0.1, 0.15) is 19.4 Å². The number of carbonyl (C=O) groups excluding carboxylic acids is 1. The highest BCUT2D eigenvalue weighted by atomic mass is 16.6. The summed E-state index contributed by atoms with van der Waals surface area (Å²) in [7, 11) is 0. The number of nitrogens with zero attached hydrogens (tertiary/aromatic N) is 1. The topological polar surface area (TPSA) is 84.3 Å². The normalized spacial score (nSPS) is 11.6. The maximum Gasteiger partial charge on any atom is 0.269 e. The lowest BCUT2D eigenvalue weighted by molar-refractivity contribution is -0.384. The molecule has 0 heterocycles. The van der Waals surface area contributed by atoms with Gasteiger partial charge in [0.25, 0.3) is 5.69 Å². The van der Waals surface area contributed by atoms with Gasteiger partial charge in [-0.15, -0.1) is 0 Å². The van der Waals surface area contributed by atoms with Crippen molar-refractivity contribution in [1.29, 1.82) is 0 Å². The van der Waals surface area contributed by atoms with E-state index in [9.17, 15) is 14.9 Å². The molecule has 0 bridgehead atoms. The third kappa shape index (κ3) is 4.54. The SMILES string of the molecule is CCc1ccc(NC(C)C(=O)Nc2ccc([N+](=O)[O-])cc2)cc1. The molecule has 2 aromatic carbocycles. The number of nitro groups is 1. The van der Waals surface area contributed by atoms with E-state index in [4.69, 9.17) is 0 Å². The highest BCUT2D eigenvalue weighted by molar-refractivity contribution is 5.96. The molecule has 0 aliphatic heterocycles. The fourth-order valence-corrected chi connectivity index (χ4v) is 2.07. The molecular weight excluding hydrogens is 294 g/mol. The van der Waals surface area contributed by atoms with E-state index >= 15 is 0 Å². The van der Waals surface area contributed by atoms with Crippen molar-refractivity contribution in [2.75, 3.05) is 10.6 Å². The molecule has 0 saturated carbocycles. The van der Waals surface area contributed by atoms with Gasteiger partial charge in [0, 0.05) is 23.5 Å². The van der Waals surface area contributed by atoms with Crippen LogP contribution in [0.25, 0.3) is 0 Å². The fraction of sp³-hybridized carbons (Fsp3) is 0.235. The minimum absolute atomic E-state index is 0.00909. The molecule has 0 aliphatic rings. The van der Waals surface area contributed by atoms with E-state index in [1.54, 1.807) is 6.92 Å². The molecule has 0 radical (unpaired) electrons. The van der Waals surface area contributed by atoms with Gasteiger partial charge < -0.3 is 10.6 Å². The molecule has 6 heteroatoms. The van der Waals surface area contributed by atoms with E-state index < -0.39 is 11.0 Å².